The third kappa shape index (κ3) is 66.7. The van der Waals surface area contributed by atoms with Crippen LogP contribution in [-0.2, 0) is 28.6 Å². The zero-order valence-electron chi connectivity index (χ0n) is 54.4. The highest BCUT2D eigenvalue weighted by atomic mass is 16.6. The van der Waals surface area contributed by atoms with Crippen LogP contribution in [0, 0.1) is 0 Å². The van der Waals surface area contributed by atoms with Crippen molar-refractivity contribution < 1.29 is 28.6 Å². The molecular formula is C74H140O6. The van der Waals surface area contributed by atoms with E-state index in [1.807, 2.05) is 0 Å². The molecule has 0 amide bonds. The van der Waals surface area contributed by atoms with Gasteiger partial charge in [0.2, 0.25) is 0 Å². The van der Waals surface area contributed by atoms with Crippen LogP contribution in [0.5, 0.6) is 0 Å². The average Bonchev–Trinajstić information content (AvgIpc) is 3.46. The van der Waals surface area contributed by atoms with Gasteiger partial charge in [-0.2, -0.15) is 0 Å². The van der Waals surface area contributed by atoms with E-state index in [2.05, 4.69) is 45.1 Å². The van der Waals surface area contributed by atoms with Gasteiger partial charge in [0, 0.05) is 19.3 Å². The second kappa shape index (κ2) is 69.4. The first-order valence-corrected chi connectivity index (χ1v) is 36.3. The van der Waals surface area contributed by atoms with Crippen LogP contribution in [0.3, 0.4) is 0 Å². The largest absolute Gasteiger partial charge is 0.462 e. The van der Waals surface area contributed by atoms with Crippen LogP contribution in [0.4, 0.5) is 0 Å². The van der Waals surface area contributed by atoms with Crippen LogP contribution in [0.25, 0.3) is 0 Å². The molecule has 0 radical (unpaired) electrons. The molecule has 0 fully saturated rings. The van der Waals surface area contributed by atoms with E-state index in [9.17, 15) is 14.4 Å². The summed E-state index contributed by atoms with van der Waals surface area (Å²) in [5.41, 5.74) is 0. The molecule has 0 rings (SSSR count). The number of rotatable bonds is 68. The van der Waals surface area contributed by atoms with Crippen LogP contribution in [-0.4, -0.2) is 37.2 Å². The summed E-state index contributed by atoms with van der Waals surface area (Å²) in [6.45, 7) is 6.70. The first-order chi connectivity index (χ1) is 39.5. The van der Waals surface area contributed by atoms with Crippen molar-refractivity contribution in [2.45, 2.75) is 419 Å². The summed E-state index contributed by atoms with van der Waals surface area (Å²) in [7, 11) is 0. The highest BCUT2D eigenvalue weighted by Crippen LogP contribution is 2.19. The Labute approximate surface area is 500 Å². The summed E-state index contributed by atoms with van der Waals surface area (Å²) in [5, 5.41) is 0. The average molecular weight is 1130 g/mol. The fraction of sp³-hybridized carbons (Fsp3) is 0.905. The first kappa shape index (κ1) is 77.9. The van der Waals surface area contributed by atoms with Gasteiger partial charge in [0.15, 0.2) is 6.10 Å². The van der Waals surface area contributed by atoms with E-state index in [0.29, 0.717) is 19.3 Å². The summed E-state index contributed by atoms with van der Waals surface area (Å²) >= 11 is 0. The molecule has 0 saturated heterocycles. The Morgan fingerprint density at radius 3 is 0.637 bits per heavy atom. The molecule has 1 unspecified atom stereocenters. The Kier molecular flexibility index (Phi) is 67.6. The molecule has 0 bridgehead atoms. The minimum atomic E-state index is -0.772. The fourth-order valence-electron chi connectivity index (χ4n) is 11.2. The Morgan fingerprint density at radius 1 is 0.237 bits per heavy atom. The summed E-state index contributed by atoms with van der Waals surface area (Å²) in [5.74, 6) is -0.845. The molecule has 472 valence electrons. The Bertz CT molecular complexity index is 1290. The molecular weight excluding hydrogens is 985 g/mol. The third-order valence-electron chi connectivity index (χ3n) is 16.7. The smallest absolute Gasteiger partial charge is 0.306 e. The summed E-state index contributed by atoms with van der Waals surface area (Å²) in [6.07, 6.45) is 85.0. The molecule has 0 aromatic carbocycles. The second-order valence-corrected chi connectivity index (χ2v) is 24.9. The number of hydrogen-bond donors (Lipinski definition) is 0. The van der Waals surface area contributed by atoms with Crippen molar-refractivity contribution in [2.75, 3.05) is 13.2 Å². The van der Waals surface area contributed by atoms with E-state index in [0.717, 1.165) is 64.2 Å². The lowest BCUT2D eigenvalue weighted by molar-refractivity contribution is -0.167. The lowest BCUT2D eigenvalue weighted by Gasteiger charge is -2.18. The number of carbonyl (C=O) groups is 3. The van der Waals surface area contributed by atoms with Gasteiger partial charge in [0.1, 0.15) is 13.2 Å². The molecule has 1 atom stereocenters. The van der Waals surface area contributed by atoms with E-state index in [-0.39, 0.29) is 31.1 Å². The van der Waals surface area contributed by atoms with E-state index >= 15 is 0 Å². The maximum atomic E-state index is 13.0. The van der Waals surface area contributed by atoms with Gasteiger partial charge in [-0.15, -0.1) is 0 Å². The van der Waals surface area contributed by atoms with Crippen LogP contribution >= 0.6 is 0 Å². The van der Waals surface area contributed by atoms with Crippen molar-refractivity contribution in [2.24, 2.45) is 0 Å². The number of ether oxygens (including phenoxy) is 3. The topological polar surface area (TPSA) is 78.9 Å². The maximum Gasteiger partial charge on any atom is 0.306 e. The number of allylic oxidation sites excluding steroid dienone is 4. The fourth-order valence-corrected chi connectivity index (χ4v) is 11.2. The zero-order chi connectivity index (χ0) is 57.8. The van der Waals surface area contributed by atoms with Crippen LogP contribution in [0.2, 0.25) is 0 Å². The summed E-state index contributed by atoms with van der Waals surface area (Å²) in [4.78, 5) is 38.4. The van der Waals surface area contributed by atoms with Crippen molar-refractivity contribution in [3.63, 3.8) is 0 Å². The SMILES string of the molecule is CCCCCC/C=C\CCCCCCCC(=O)OCC(COC(=O)CCCCCCCCCCCCCCC/C=C\CCCCCCCCCC)OC(=O)CCCCCCCCCCCCCCCCCCCCCCCCCC. The second-order valence-electron chi connectivity index (χ2n) is 24.9. The highest BCUT2D eigenvalue weighted by Gasteiger charge is 2.19. The lowest BCUT2D eigenvalue weighted by atomic mass is 10.0. The predicted octanol–water partition coefficient (Wildman–Crippen LogP) is 25.0. The number of unbranched alkanes of at least 4 members (excludes halogenated alkanes) is 53. The van der Waals surface area contributed by atoms with E-state index in [1.165, 1.54) is 308 Å². The maximum absolute atomic E-state index is 13.0. The molecule has 80 heavy (non-hydrogen) atoms. The van der Waals surface area contributed by atoms with E-state index < -0.39 is 6.10 Å². The standard InChI is InChI=1S/C74H140O6/c1-4-7-10-13-16-19-22-25-27-29-31-33-35-37-39-40-42-44-46-49-52-55-58-61-64-67-73(76)79-70-71(69-78-72(75)66-63-60-57-54-51-48-24-21-18-15-12-9-6-3)80-74(77)68-65-62-59-56-53-50-47-45-43-41-38-36-34-32-30-28-26-23-20-17-14-11-8-5-2/h21,24,29,31,71H,4-20,22-23,25-28,30,32-70H2,1-3H3/b24-21-,31-29-. The Morgan fingerprint density at radius 2 is 0.412 bits per heavy atom. The molecule has 0 aliphatic heterocycles. The molecule has 0 heterocycles. The Hall–Kier alpha value is -2.11. The van der Waals surface area contributed by atoms with Gasteiger partial charge in [-0.3, -0.25) is 14.4 Å². The molecule has 0 N–H and O–H groups in total. The van der Waals surface area contributed by atoms with Crippen LogP contribution in [0.15, 0.2) is 24.3 Å². The van der Waals surface area contributed by atoms with E-state index in [1.54, 1.807) is 0 Å². The van der Waals surface area contributed by atoms with Gasteiger partial charge in [-0.25, -0.2) is 0 Å². The normalized spacial score (nSPS) is 12.1. The number of esters is 3. The van der Waals surface area contributed by atoms with Crippen molar-refractivity contribution in [3.05, 3.63) is 24.3 Å². The monoisotopic (exact) mass is 1130 g/mol. The summed E-state index contributed by atoms with van der Waals surface area (Å²) < 4.78 is 17.0. The van der Waals surface area contributed by atoms with Crippen molar-refractivity contribution >= 4 is 17.9 Å². The molecule has 0 saturated carbocycles. The number of hydrogen-bond acceptors (Lipinski definition) is 6. The number of carbonyl (C=O) groups excluding carboxylic acids is 3. The predicted molar refractivity (Wildman–Crippen MR) is 349 cm³/mol. The third-order valence-corrected chi connectivity index (χ3v) is 16.7. The minimum absolute atomic E-state index is 0.0682. The molecule has 0 aromatic rings. The lowest BCUT2D eigenvalue weighted by Crippen LogP contribution is -2.30. The molecule has 0 aliphatic carbocycles. The van der Waals surface area contributed by atoms with Gasteiger partial charge in [0.05, 0.1) is 0 Å². The van der Waals surface area contributed by atoms with Gasteiger partial charge >= 0.3 is 17.9 Å². The van der Waals surface area contributed by atoms with Crippen LogP contribution < -0.4 is 0 Å². The van der Waals surface area contributed by atoms with Gasteiger partial charge in [-0.1, -0.05) is 347 Å². The molecule has 6 nitrogen and oxygen atoms in total. The molecule has 0 aromatic heterocycles. The highest BCUT2D eigenvalue weighted by molar-refractivity contribution is 5.71. The molecule has 6 heteroatoms. The molecule has 0 spiro atoms. The van der Waals surface area contributed by atoms with Gasteiger partial charge in [0.25, 0.3) is 0 Å². The summed E-state index contributed by atoms with van der Waals surface area (Å²) in [6, 6.07) is 0. The Balaban J connectivity index is 4.21. The van der Waals surface area contributed by atoms with Gasteiger partial charge in [-0.05, 0) is 70.6 Å². The minimum Gasteiger partial charge on any atom is -0.462 e. The zero-order valence-corrected chi connectivity index (χ0v) is 54.4. The molecule has 0 aliphatic rings. The quantitative estimate of drug-likeness (QED) is 0.0261. The van der Waals surface area contributed by atoms with Gasteiger partial charge < -0.3 is 14.2 Å². The van der Waals surface area contributed by atoms with Crippen molar-refractivity contribution in [1.29, 1.82) is 0 Å². The van der Waals surface area contributed by atoms with Crippen LogP contribution in [0.1, 0.15) is 412 Å². The van der Waals surface area contributed by atoms with Crippen molar-refractivity contribution in [3.8, 4) is 0 Å². The first-order valence-electron chi connectivity index (χ1n) is 36.3. The van der Waals surface area contributed by atoms with E-state index in [4.69, 9.17) is 14.2 Å². The van der Waals surface area contributed by atoms with Crippen molar-refractivity contribution in [1.82, 2.24) is 0 Å².